The second-order valence-electron chi connectivity index (χ2n) is 5.52. The molecule has 154 valence electrons. The van der Waals surface area contributed by atoms with E-state index in [1.807, 2.05) is 0 Å². The molecule has 9 nitrogen and oxygen atoms in total. The first kappa shape index (κ1) is 21.5. The molecule has 0 aliphatic heterocycles. The van der Waals surface area contributed by atoms with E-state index in [9.17, 15) is 28.5 Å². The van der Waals surface area contributed by atoms with Crippen LogP contribution in [-0.4, -0.2) is 37.1 Å². The number of ether oxygens (including phenoxy) is 3. The Morgan fingerprint density at radius 3 is 2.59 bits per heavy atom. The maximum atomic E-state index is 12.3. The van der Waals surface area contributed by atoms with Gasteiger partial charge in [0.1, 0.15) is 0 Å². The van der Waals surface area contributed by atoms with Gasteiger partial charge in [0.05, 0.1) is 17.6 Å². The Labute approximate surface area is 163 Å². The zero-order valence-electron chi connectivity index (χ0n) is 15.1. The van der Waals surface area contributed by atoms with Gasteiger partial charge in [0.2, 0.25) is 0 Å². The largest absolute Gasteiger partial charge is 0.493 e. The Kier molecular flexibility index (Phi) is 7.40. The first-order valence-electron chi connectivity index (χ1n) is 8.10. The van der Waals surface area contributed by atoms with Crippen LogP contribution < -0.4 is 14.8 Å². The van der Waals surface area contributed by atoms with Crippen molar-refractivity contribution in [1.29, 1.82) is 0 Å². The number of methoxy groups -OCH3 is 1. The second kappa shape index (κ2) is 9.97. The lowest BCUT2D eigenvalue weighted by atomic mass is 10.2. The second-order valence-corrected chi connectivity index (χ2v) is 5.52. The number of benzene rings is 2. The molecule has 0 bridgehead atoms. The fourth-order valence-corrected chi connectivity index (χ4v) is 2.23. The Morgan fingerprint density at radius 2 is 1.93 bits per heavy atom. The summed E-state index contributed by atoms with van der Waals surface area (Å²) in [6, 6.07) is 9.04. The van der Waals surface area contributed by atoms with Gasteiger partial charge in [0, 0.05) is 18.7 Å². The molecule has 0 aromatic heterocycles. The zero-order chi connectivity index (χ0) is 21.4. The smallest absolute Gasteiger partial charge is 0.387 e. The number of nitrogens with one attached hydrogen (secondary N) is 1. The van der Waals surface area contributed by atoms with Crippen molar-refractivity contribution in [3.8, 4) is 11.5 Å². The van der Waals surface area contributed by atoms with Gasteiger partial charge >= 0.3 is 12.6 Å². The summed E-state index contributed by atoms with van der Waals surface area (Å²) in [5.74, 6) is -1.60. The van der Waals surface area contributed by atoms with E-state index in [0.717, 1.165) is 6.07 Å². The first-order chi connectivity index (χ1) is 13.8. The van der Waals surface area contributed by atoms with Crippen molar-refractivity contribution in [2.45, 2.75) is 13.2 Å². The summed E-state index contributed by atoms with van der Waals surface area (Å²) in [6.07, 6.45) is 0. The number of alkyl halides is 2. The highest BCUT2D eigenvalue weighted by atomic mass is 19.3. The van der Waals surface area contributed by atoms with E-state index in [0.29, 0.717) is 5.56 Å². The van der Waals surface area contributed by atoms with Crippen molar-refractivity contribution in [2.75, 3.05) is 13.7 Å². The van der Waals surface area contributed by atoms with Gasteiger partial charge in [0.15, 0.2) is 18.1 Å². The molecule has 0 heterocycles. The predicted molar refractivity (Wildman–Crippen MR) is 94.9 cm³/mol. The van der Waals surface area contributed by atoms with Crippen LogP contribution >= 0.6 is 0 Å². The molecule has 0 unspecified atom stereocenters. The molecule has 11 heteroatoms. The number of hydrogen-bond acceptors (Lipinski definition) is 7. The van der Waals surface area contributed by atoms with Crippen molar-refractivity contribution in [3.05, 3.63) is 63.7 Å². The maximum absolute atomic E-state index is 12.3. The highest BCUT2D eigenvalue weighted by Gasteiger charge is 2.15. The van der Waals surface area contributed by atoms with E-state index in [1.54, 1.807) is 0 Å². The number of carbonyl (C=O) groups is 2. The lowest BCUT2D eigenvalue weighted by molar-refractivity contribution is -0.384. The fourth-order valence-electron chi connectivity index (χ4n) is 2.23. The molecule has 0 fully saturated rings. The van der Waals surface area contributed by atoms with Crippen molar-refractivity contribution in [3.63, 3.8) is 0 Å². The lowest BCUT2D eigenvalue weighted by Crippen LogP contribution is -2.28. The van der Waals surface area contributed by atoms with E-state index < -0.39 is 30.0 Å². The number of nitro groups is 1. The summed E-state index contributed by atoms with van der Waals surface area (Å²) in [7, 11) is 1.28. The quantitative estimate of drug-likeness (QED) is 0.384. The van der Waals surface area contributed by atoms with Crippen molar-refractivity contribution >= 4 is 17.6 Å². The molecule has 1 amide bonds. The minimum absolute atomic E-state index is 0.0124. The Bertz CT molecular complexity index is 906. The predicted octanol–water partition coefficient (Wildman–Crippen LogP) is 2.68. The van der Waals surface area contributed by atoms with Crippen LogP contribution in [0.5, 0.6) is 11.5 Å². The molecule has 0 saturated heterocycles. The van der Waals surface area contributed by atoms with Crippen LogP contribution in [0.15, 0.2) is 42.5 Å². The molecule has 2 rings (SSSR count). The van der Waals surface area contributed by atoms with Crippen LogP contribution in [0.3, 0.4) is 0 Å². The number of carbonyl (C=O) groups excluding carboxylic acids is 2. The molecule has 2 aromatic carbocycles. The number of rotatable bonds is 9. The summed E-state index contributed by atoms with van der Waals surface area (Å²) in [5, 5.41) is 13.2. The molecular weight excluding hydrogens is 394 g/mol. The van der Waals surface area contributed by atoms with Crippen molar-refractivity contribution < 1.29 is 37.5 Å². The summed E-state index contributed by atoms with van der Waals surface area (Å²) in [6.45, 7) is -3.60. The number of amides is 1. The molecule has 0 saturated carbocycles. The molecule has 0 radical (unpaired) electrons. The molecule has 2 aromatic rings. The van der Waals surface area contributed by atoms with E-state index in [1.165, 1.54) is 43.5 Å². The number of halogens is 2. The molecular formula is C18H16F2N2O7. The third-order valence-electron chi connectivity index (χ3n) is 3.56. The molecule has 0 aliphatic carbocycles. The molecule has 0 spiro atoms. The van der Waals surface area contributed by atoms with Crippen LogP contribution in [0.2, 0.25) is 0 Å². The highest BCUT2D eigenvalue weighted by molar-refractivity contribution is 5.91. The third-order valence-corrected chi connectivity index (χ3v) is 3.56. The van der Waals surface area contributed by atoms with Crippen LogP contribution in [0, 0.1) is 10.1 Å². The topological polar surface area (TPSA) is 117 Å². The summed E-state index contributed by atoms with van der Waals surface area (Å²) >= 11 is 0. The Hall–Kier alpha value is -3.76. The molecule has 0 aliphatic rings. The number of esters is 1. The summed E-state index contributed by atoms with van der Waals surface area (Å²) in [4.78, 5) is 33.8. The average molecular weight is 410 g/mol. The SMILES string of the molecule is COc1cc(CNC(=O)COC(=O)c2cccc([N+](=O)[O-])c2)ccc1OC(F)F. The molecule has 0 atom stereocenters. The van der Waals surface area contributed by atoms with Crippen LogP contribution in [0.25, 0.3) is 0 Å². The number of nitro benzene ring substituents is 1. The van der Waals surface area contributed by atoms with Crippen LogP contribution in [0.1, 0.15) is 15.9 Å². The monoisotopic (exact) mass is 410 g/mol. The van der Waals surface area contributed by atoms with E-state index in [-0.39, 0.29) is 29.3 Å². The van der Waals surface area contributed by atoms with Gasteiger partial charge in [-0.3, -0.25) is 14.9 Å². The van der Waals surface area contributed by atoms with Gasteiger partial charge in [-0.15, -0.1) is 0 Å². The highest BCUT2D eigenvalue weighted by Crippen LogP contribution is 2.29. The first-order valence-corrected chi connectivity index (χ1v) is 8.10. The Balaban J connectivity index is 1.87. The number of nitrogens with zero attached hydrogens (tertiary/aromatic N) is 1. The number of non-ortho nitro benzene ring substituents is 1. The van der Waals surface area contributed by atoms with Gasteiger partial charge in [-0.1, -0.05) is 12.1 Å². The molecule has 1 N–H and O–H groups in total. The molecule has 29 heavy (non-hydrogen) atoms. The fraction of sp³-hybridized carbons (Fsp3) is 0.222. The minimum atomic E-state index is -3.00. The third kappa shape index (κ3) is 6.41. The van der Waals surface area contributed by atoms with Crippen molar-refractivity contribution in [2.24, 2.45) is 0 Å². The average Bonchev–Trinajstić information content (AvgIpc) is 2.70. The van der Waals surface area contributed by atoms with Crippen molar-refractivity contribution in [1.82, 2.24) is 5.32 Å². The van der Waals surface area contributed by atoms with Gasteiger partial charge in [-0.05, 0) is 23.8 Å². The standard InChI is InChI=1S/C18H16F2N2O7/c1-27-15-7-11(5-6-14(15)29-18(19)20)9-21-16(23)10-28-17(24)12-3-2-4-13(8-12)22(25)26/h2-8,18H,9-10H2,1H3,(H,21,23). The zero-order valence-corrected chi connectivity index (χ0v) is 15.1. The van der Waals surface area contributed by atoms with Crippen LogP contribution in [0.4, 0.5) is 14.5 Å². The van der Waals surface area contributed by atoms with E-state index in [4.69, 9.17) is 9.47 Å². The normalized spacial score (nSPS) is 10.3. The Morgan fingerprint density at radius 1 is 1.17 bits per heavy atom. The summed E-state index contributed by atoms with van der Waals surface area (Å²) < 4.78 is 38.7. The lowest BCUT2D eigenvalue weighted by Gasteiger charge is -2.12. The van der Waals surface area contributed by atoms with Gasteiger partial charge in [0.25, 0.3) is 11.6 Å². The van der Waals surface area contributed by atoms with Crippen LogP contribution in [-0.2, 0) is 16.1 Å². The number of hydrogen-bond donors (Lipinski definition) is 1. The van der Waals surface area contributed by atoms with E-state index >= 15 is 0 Å². The minimum Gasteiger partial charge on any atom is -0.493 e. The van der Waals surface area contributed by atoms with E-state index in [2.05, 4.69) is 10.1 Å². The van der Waals surface area contributed by atoms with Gasteiger partial charge in [-0.25, -0.2) is 4.79 Å². The maximum Gasteiger partial charge on any atom is 0.387 e. The van der Waals surface area contributed by atoms with Gasteiger partial charge < -0.3 is 19.5 Å². The van der Waals surface area contributed by atoms with Gasteiger partial charge in [-0.2, -0.15) is 8.78 Å². The summed E-state index contributed by atoms with van der Waals surface area (Å²) in [5.41, 5.74) is 0.185.